The van der Waals surface area contributed by atoms with Gasteiger partial charge in [-0.3, -0.25) is 4.79 Å². The number of aromatic nitrogens is 2. The molecule has 0 unspecified atom stereocenters. The summed E-state index contributed by atoms with van der Waals surface area (Å²) in [6.07, 6.45) is 1.24. The third-order valence-electron chi connectivity index (χ3n) is 2.47. The highest BCUT2D eigenvalue weighted by Crippen LogP contribution is 2.31. The Kier molecular flexibility index (Phi) is 3.18. The number of methoxy groups -OCH3 is 1. The SMILES string of the molecule is COc1c(Oc2cccc(C)c2N)nc[nH]c1=O. The highest BCUT2D eigenvalue weighted by molar-refractivity contribution is 5.59. The zero-order chi connectivity index (χ0) is 13.1. The molecule has 0 saturated heterocycles. The van der Waals surface area contributed by atoms with Crippen molar-refractivity contribution in [3.05, 3.63) is 40.4 Å². The van der Waals surface area contributed by atoms with Gasteiger partial charge in [-0.2, -0.15) is 0 Å². The average molecular weight is 247 g/mol. The van der Waals surface area contributed by atoms with Gasteiger partial charge in [0.25, 0.3) is 11.4 Å². The van der Waals surface area contributed by atoms with Gasteiger partial charge in [0, 0.05) is 0 Å². The van der Waals surface area contributed by atoms with Crippen molar-refractivity contribution in [2.24, 2.45) is 0 Å². The number of benzene rings is 1. The molecular formula is C12H13N3O3. The van der Waals surface area contributed by atoms with Gasteiger partial charge in [0.1, 0.15) is 0 Å². The molecule has 0 fully saturated rings. The molecule has 2 aromatic rings. The lowest BCUT2D eigenvalue weighted by Crippen LogP contribution is -2.11. The van der Waals surface area contributed by atoms with Gasteiger partial charge < -0.3 is 20.2 Å². The molecule has 6 nitrogen and oxygen atoms in total. The third-order valence-corrected chi connectivity index (χ3v) is 2.47. The maximum Gasteiger partial charge on any atom is 0.297 e. The van der Waals surface area contributed by atoms with Gasteiger partial charge in [-0.1, -0.05) is 12.1 Å². The van der Waals surface area contributed by atoms with Gasteiger partial charge >= 0.3 is 0 Å². The highest BCUT2D eigenvalue weighted by atomic mass is 16.5. The van der Waals surface area contributed by atoms with Crippen molar-refractivity contribution in [2.45, 2.75) is 6.92 Å². The van der Waals surface area contributed by atoms with Gasteiger partial charge in [0.05, 0.1) is 19.1 Å². The summed E-state index contributed by atoms with van der Waals surface area (Å²) >= 11 is 0. The molecule has 0 saturated carbocycles. The van der Waals surface area contributed by atoms with Crippen LogP contribution < -0.4 is 20.8 Å². The van der Waals surface area contributed by atoms with E-state index in [4.69, 9.17) is 15.2 Å². The number of aryl methyl sites for hydroxylation is 1. The topological polar surface area (TPSA) is 90.2 Å². The molecule has 0 aliphatic rings. The molecule has 0 radical (unpaired) electrons. The number of aromatic amines is 1. The number of nitrogens with two attached hydrogens (primary N) is 1. The van der Waals surface area contributed by atoms with E-state index in [1.807, 2.05) is 13.0 Å². The summed E-state index contributed by atoms with van der Waals surface area (Å²) in [6.45, 7) is 1.87. The number of hydrogen-bond acceptors (Lipinski definition) is 5. The van der Waals surface area contributed by atoms with Gasteiger partial charge in [-0.15, -0.1) is 0 Å². The van der Waals surface area contributed by atoms with Crippen LogP contribution in [-0.2, 0) is 0 Å². The summed E-state index contributed by atoms with van der Waals surface area (Å²) in [5, 5.41) is 0. The molecule has 0 bridgehead atoms. The second-order valence-corrected chi connectivity index (χ2v) is 3.66. The predicted molar refractivity (Wildman–Crippen MR) is 67.1 cm³/mol. The summed E-state index contributed by atoms with van der Waals surface area (Å²) in [4.78, 5) is 17.8. The summed E-state index contributed by atoms with van der Waals surface area (Å²) in [7, 11) is 1.37. The molecule has 3 N–H and O–H groups in total. The second-order valence-electron chi connectivity index (χ2n) is 3.66. The first kappa shape index (κ1) is 12.0. The smallest absolute Gasteiger partial charge is 0.297 e. The van der Waals surface area contributed by atoms with E-state index in [2.05, 4.69) is 9.97 Å². The minimum Gasteiger partial charge on any atom is -0.487 e. The summed E-state index contributed by atoms with van der Waals surface area (Å²) in [6, 6.07) is 5.37. The number of rotatable bonds is 3. The first-order valence-corrected chi connectivity index (χ1v) is 5.28. The molecular weight excluding hydrogens is 234 g/mol. The number of anilines is 1. The normalized spacial score (nSPS) is 10.1. The molecule has 0 aliphatic heterocycles. The van der Waals surface area contributed by atoms with Crippen molar-refractivity contribution in [2.75, 3.05) is 12.8 Å². The van der Waals surface area contributed by atoms with Crippen molar-refractivity contribution >= 4 is 5.69 Å². The van der Waals surface area contributed by atoms with E-state index in [0.29, 0.717) is 11.4 Å². The van der Waals surface area contributed by atoms with Crippen LogP contribution in [0.1, 0.15) is 5.56 Å². The molecule has 6 heteroatoms. The first-order valence-electron chi connectivity index (χ1n) is 5.28. The Morgan fingerprint density at radius 3 is 2.89 bits per heavy atom. The Balaban J connectivity index is 2.43. The molecule has 1 aromatic heterocycles. The van der Waals surface area contributed by atoms with E-state index in [9.17, 15) is 4.79 Å². The summed E-state index contributed by atoms with van der Waals surface area (Å²) < 4.78 is 10.5. The third kappa shape index (κ3) is 2.13. The standard InChI is InChI=1S/C12H13N3O3/c1-7-4-3-5-8(9(7)13)18-12-10(17-2)11(16)14-6-15-12/h3-6H,13H2,1-2H3,(H,14,15,16). The van der Waals surface area contributed by atoms with E-state index in [0.717, 1.165) is 5.56 Å². The zero-order valence-electron chi connectivity index (χ0n) is 10.1. The van der Waals surface area contributed by atoms with Crippen molar-refractivity contribution in [3.63, 3.8) is 0 Å². The molecule has 1 aromatic carbocycles. The lowest BCUT2D eigenvalue weighted by atomic mass is 10.2. The number of H-pyrrole nitrogens is 1. The quantitative estimate of drug-likeness (QED) is 0.801. The van der Waals surface area contributed by atoms with Crippen LogP contribution in [0.2, 0.25) is 0 Å². The van der Waals surface area contributed by atoms with Crippen LogP contribution in [0.3, 0.4) is 0 Å². The number of hydrogen-bond donors (Lipinski definition) is 2. The van der Waals surface area contributed by atoms with Crippen LogP contribution in [-0.4, -0.2) is 17.1 Å². The molecule has 18 heavy (non-hydrogen) atoms. The van der Waals surface area contributed by atoms with Gasteiger partial charge in [0.2, 0.25) is 5.75 Å². The van der Waals surface area contributed by atoms with E-state index in [1.165, 1.54) is 13.4 Å². The Hall–Kier alpha value is -2.50. The molecule has 0 spiro atoms. The fourth-order valence-electron chi connectivity index (χ4n) is 1.47. The lowest BCUT2D eigenvalue weighted by Gasteiger charge is -2.10. The fourth-order valence-corrected chi connectivity index (χ4v) is 1.47. The van der Waals surface area contributed by atoms with Crippen LogP contribution in [0.4, 0.5) is 5.69 Å². The van der Waals surface area contributed by atoms with Crippen LogP contribution in [0.15, 0.2) is 29.3 Å². The number of ether oxygens (including phenoxy) is 2. The fraction of sp³-hybridized carbons (Fsp3) is 0.167. The number of nitrogens with zero attached hydrogens (tertiary/aromatic N) is 1. The lowest BCUT2D eigenvalue weighted by molar-refractivity contribution is 0.363. The molecule has 0 aliphatic carbocycles. The van der Waals surface area contributed by atoms with Crippen LogP contribution in [0.5, 0.6) is 17.4 Å². The molecule has 1 heterocycles. The predicted octanol–water partition coefficient (Wildman–Crippen LogP) is 1.46. The summed E-state index contributed by atoms with van der Waals surface area (Å²) in [5.74, 6) is 0.531. The van der Waals surface area contributed by atoms with Crippen LogP contribution >= 0.6 is 0 Å². The Bertz CT molecular complexity index is 622. The molecule has 0 atom stereocenters. The monoisotopic (exact) mass is 247 g/mol. The number of nitrogens with one attached hydrogen (secondary N) is 1. The minimum absolute atomic E-state index is 0.0124. The van der Waals surface area contributed by atoms with E-state index in [-0.39, 0.29) is 11.6 Å². The number of nitrogen functional groups attached to an aromatic ring is 1. The Morgan fingerprint density at radius 1 is 1.39 bits per heavy atom. The number of para-hydroxylation sites is 1. The maximum atomic E-state index is 11.5. The van der Waals surface area contributed by atoms with E-state index < -0.39 is 5.56 Å². The van der Waals surface area contributed by atoms with Gasteiger partial charge in [-0.05, 0) is 18.6 Å². The summed E-state index contributed by atoms with van der Waals surface area (Å²) in [5.41, 5.74) is 6.86. The first-order chi connectivity index (χ1) is 8.63. The second kappa shape index (κ2) is 4.79. The van der Waals surface area contributed by atoms with E-state index >= 15 is 0 Å². The highest BCUT2D eigenvalue weighted by Gasteiger charge is 2.13. The average Bonchev–Trinajstić information content (AvgIpc) is 2.35. The van der Waals surface area contributed by atoms with Crippen molar-refractivity contribution in [1.82, 2.24) is 9.97 Å². The largest absolute Gasteiger partial charge is 0.487 e. The van der Waals surface area contributed by atoms with Crippen LogP contribution in [0, 0.1) is 6.92 Å². The van der Waals surface area contributed by atoms with Gasteiger partial charge in [0.15, 0.2) is 5.75 Å². The Morgan fingerprint density at radius 2 is 2.17 bits per heavy atom. The Labute approximate surface area is 103 Å². The minimum atomic E-state index is -0.409. The van der Waals surface area contributed by atoms with Crippen molar-refractivity contribution in [1.29, 1.82) is 0 Å². The molecule has 94 valence electrons. The van der Waals surface area contributed by atoms with Crippen molar-refractivity contribution in [3.8, 4) is 17.4 Å². The van der Waals surface area contributed by atoms with Crippen molar-refractivity contribution < 1.29 is 9.47 Å². The van der Waals surface area contributed by atoms with Crippen LogP contribution in [0.25, 0.3) is 0 Å². The maximum absolute atomic E-state index is 11.5. The molecule has 0 amide bonds. The molecule has 2 rings (SSSR count). The zero-order valence-corrected chi connectivity index (χ0v) is 10.1. The van der Waals surface area contributed by atoms with Gasteiger partial charge in [-0.25, -0.2) is 4.98 Å². The van der Waals surface area contributed by atoms with E-state index in [1.54, 1.807) is 12.1 Å².